The summed E-state index contributed by atoms with van der Waals surface area (Å²) in [7, 11) is 1.79. The first-order valence-corrected chi connectivity index (χ1v) is 7.22. The van der Waals surface area contributed by atoms with Crippen molar-refractivity contribution in [1.29, 1.82) is 0 Å². The zero-order valence-corrected chi connectivity index (χ0v) is 15.6. The molecule has 0 aliphatic heterocycles. The molecule has 5 nitrogen and oxygen atoms in total. The van der Waals surface area contributed by atoms with Crippen LogP contribution in [0.1, 0.15) is 19.4 Å². The highest BCUT2D eigenvalue weighted by atomic mass is 127. The van der Waals surface area contributed by atoms with Gasteiger partial charge in [-0.3, -0.25) is 4.99 Å². The molecule has 0 fully saturated rings. The van der Waals surface area contributed by atoms with Gasteiger partial charge in [-0.05, 0) is 29.7 Å². The minimum Gasteiger partial charge on any atom is -0.356 e. The van der Waals surface area contributed by atoms with Gasteiger partial charge in [0.1, 0.15) is 0 Å². The van der Waals surface area contributed by atoms with Crippen molar-refractivity contribution in [3.05, 3.63) is 48.3 Å². The molecule has 0 aliphatic rings. The van der Waals surface area contributed by atoms with Crippen molar-refractivity contribution in [3.8, 4) is 5.69 Å². The first-order chi connectivity index (χ1) is 10.2. The molecule has 6 heteroatoms. The van der Waals surface area contributed by atoms with Crippen molar-refractivity contribution >= 4 is 29.9 Å². The second kappa shape index (κ2) is 9.45. The highest BCUT2D eigenvalue weighted by Crippen LogP contribution is 2.09. The molecular formula is C16H24IN5. The Bertz CT molecular complexity index is 578. The maximum atomic E-state index is 4.25. The molecule has 0 saturated carbocycles. The Morgan fingerprint density at radius 2 is 2.09 bits per heavy atom. The first-order valence-electron chi connectivity index (χ1n) is 7.22. The summed E-state index contributed by atoms with van der Waals surface area (Å²) in [5, 5.41) is 10.9. The fraction of sp³-hybridized carbons (Fsp3) is 0.375. The maximum Gasteiger partial charge on any atom is 0.191 e. The van der Waals surface area contributed by atoms with E-state index in [1.165, 1.54) is 5.56 Å². The molecule has 1 aromatic heterocycles. The van der Waals surface area contributed by atoms with Crippen LogP contribution in [0.3, 0.4) is 0 Å². The van der Waals surface area contributed by atoms with E-state index in [0.717, 1.165) is 24.7 Å². The molecule has 0 unspecified atom stereocenters. The number of rotatable bonds is 5. The van der Waals surface area contributed by atoms with Gasteiger partial charge in [-0.1, -0.05) is 26.0 Å². The van der Waals surface area contributed by atoms with Gasteiger partial charge in [0.25, 0.3) is 0 Å². The van der Waals surface area contributed by atoms with E-state index in [9.17, 15) is 0 Å². The van der Waals surface area contributed by atoms with Crippen molar-refractivity contribution in [3.63, 3.8) is 0 Å². The van der Waals surface area contributed by atoms with Crippen molar-refractivity contribution in [1.82, 2.24) is 20.4 Å². The Kier molecular flexibility index (Phi) is 7.94. The van der Waals surface area contributed by atoms with Gasteiger partial charge in [0.05, 0.1) is 5.69 Å². The van der Waals surface area contributed by atoms with E-state index in [4.69, 9.17) is 0 Å². The molecule has 0 radical (unpaired) electrons. The lowest BCUT2D eigenvalue weighted by atomic mass is 10.2. The fourth-order valence-electron chi connectivity index (χ4n) is 1.94. The molecule has 22 heavy (non-hydrogen) atoms. The fourth-order valence-corrected chi connectivity index (χ4v) is 1.94. The van der Waals surface area contributed by atoms with Gasteiger partial charge in [0, 0.05) is 32.5 Å². The topological polar surface area (TPSA) is 54.2 Å². The van der Waals surface area contributed by atoms with E-state index in [1.807, 2.05) is 29.1 Å². The molecule has 1 aromatic carbocycles. The third-order valence-electron chi connectivity index (χ3n) is 3.04. The lowest BCUT2D eigenvalue weighted by Gasteiger charge is -2.14. The van der Waals surface area contributed by atoms with Crippen LogP contribution >= 0.6 is 24.0 Å². The van der Waals surface area contributed by atoms with Crippen LogP contribution < -0.4 is 10.6 Å². The average Bonchev–Trinajstić information content (AvgIpc) is 3.02. The normalized spacial score (nSPS) is 11.2. The second-order valence-corrected chi connectivity index (χ2v) is 5.32. The molecule has 0 amide bonds. The minimum atomic E-state index is 0. The molecule has 2 aromatic rings. The summed E-state index contributed by atoms with van der Waals surface area (Å²) in [4.78, 5) is 4.22. The predicted octanol–water partition coefficient (Wildman–Crippen LogP) is 2.81. The summed E-state index contributed by atoms with van der Waals surface area (Å²) in [6.07, 6.45) is 3.72. The molecule has 2 N–H and O–H groups in total. The maximum absolute atomic E-state index is 4.25. The van der Waals surface area contributed by atoms with Gasteiger partial charge in [0.15, 0.2) is 5.96 Å². The van der Waals surface area contributed by atoms with Crippen LogP contribution in [0, 0.1) is 5.92 Å². The zero-order valence-electron chi connectivity index (χ0n) is 13.3. The molecule has 0 spiro atoms. The first kappa shape index (κ1) is 18.5. The number of hydrogen-bond donors (Lipinski definition) is 2. The van der Waals surface area contributed by atoms with Crippen LogP contribution in [0.15, 0.2) is 47.7 Å². The van der Waals surface area contributed by atoms with Gasteiger partial charge in [-0.2, -0.15) is 5.10 Å². The third-order valence-corrected chi connectivity index (χ3v) is 3.04. The average molecular weight is 413 g/mol. The summed E-state index contributed by atoms with van der Waals surface area (Å²) >= 11 is 0. The lowest BCUT2D eigenvalue weighted by molar-refractivity contribution is 0.614. The standard InChI is InChI=1S/C16H23N5.HI/c1-13(2)11-18-16(17-3)19-12-14-6-4-7-15(10-14)21-9-5-8-20-21;/h4-10,13H,11-12H2,1-3H3,(H2,17,18,19);1H. The molecule has 0 saturated heterocycles. The SMILES string of the molecule is CN=C(NCc1cccc(-n2cccn2)c1)NCC(C)C.I. The van der Waals surface area contributed by atoms with Crippen LogP contribution in [0.25, 0.3) is 5.69 Å². The third kappa shape index (κ3) is 5.67. The number of nitrogens with zero attached hydrogens (tertiary/aromatic N) is 3. The van der Waals surface area contributed by atoms with Crippen LogP contribution in [0.2, 0.25) is 0 Å². The van der Waals surface area contributed by atoms with Crippen LogP contribution in [-0.4, -0.2) is 29.3 Å². The van der Waals surface area contributed by atoms with Crippen molar-refractivity contribution in [2.45, 2.75) is 20.4 Å². The second-order valence-electron chi connectivity index (χ2n) is 5.32. The lowest BCUT2D eigenvalue weighted by Crippen LogP contribution is -2.38. The Morgan fingerprint density at radius 3 is 2.73 bits per heavy atom. The Labute approximate surface area is 149 Å². The molecular weight excluding hydrogens is 389 g/mol. The monoisotopic (exact) mass is 413 g/mol. The van der Waals surface area contributed by atoms with Gasteiger partial charge >= 0.3 is 0 Å². The molecule has 0 bridgehead atoms. The number of guanidine groups is 1. The van der Waals surface area contributed by atoms with Crippen molar-refractivity contribution < 1.29 is 0 Å². The molecule has 120 valence electrons. The summed E-state index contributed by atoms with van der Waals surface area (Å²) < 4.78 is 1.86. The Morgan fingerprint density at radius 1 is 1.27 bits per heavy atom. The largest absolute Gasteiger partial charge is 0.356 e. The number of hydrogen-bond acceptors (Lipinski definition) is 2. The molecule has 1 heterocycles. The smallest absolute Gasteiger partial charge is 0.191 e. The molecule has 0 atom stereocenters. The Balaban J connectivity index is 0.00000242. The van der Waals surface area contributed by atoms with Gasteiger partial charge in [0.2, 0.25) is 0 Å². The van der Waals surface area contributed by atoms with Crippen LogP contribution in [0.4, 0.5) is 0 Å². The quantitative estimate of drug-likeness (QED) is 0.451. The number of halogens is 1. The number of aliphatic imine (C=N–C) groups is 1. The van der Waals surface area contributed by atoms with Gasteiger partial charge in [-0.25, -0.2) is 4.68 Å². The molecule has 0 aliphatic carbocycles. The van der Waals surface area contributed by atoms with Gasteiger partial charge < -0.3 is 10.6 Å². The minimum absolute atomic E-state index is 0. The van der Waals surface area contributed by atoms with Crippen LogP contribution in [-0.2, 0) is 6.54 Å². The van der Waals surface area contributed by atoms with Crippen molar-refractivity contribution in [2.24, 2.45) is 10.9 Å². The summed E-state index contributed by atoms with van der Waals surface area (Å²) in [6, 6.07) is 10.2. The van der Waals surface area contributed by atoms with E-state index < -0.39 is 0 Å². The van der Waals surface area contributed by atoms with Gasteiger partial charge in [-0.15, -0.1) is 24.0 Å². The summed E-state index contributed by atoms with van der Waals surface area (Å²) in [5.41, 5.74) is 2.25. The predicted molar refractivity (Wildman–Crippen MR) is 102 cm³/mol. The van der Waals surface area contributed by atoms with Crippen LogP contribution in [0.5, 0.6) is 0 Å². The number of aromatic nitrogens is 2. The van der Waals surface area contributed by atoms with Crippen molar-refractivity contribution in [2.75, 3.05) is 13.6 Å². The van der Waals surface area contributed by atoms with E-state index >= 15 is 0 Å². The van der Waals surface area contributed by atoms with E-state index in [-0.39, 0.29) is 24.0 Å². The summed E-state index contributed by atoms with van der Waals surface area (Å²) in [6.45, 7) is 5.99. The zero-order chi connectivity index (χ0) is 15.1. The molecule has 2 rings (SSSR count). The highest BCUT2D eigenvalue weighted by molar-refractivity contribution is 14.0. The van der Waals surface area contributed by atoms with E-state index in [1.54, 1.807) is 13.2 Å². The van der Waals surface area contributed by atoms with E-state index in [0.29, 0.717) is 5.92 Å². The number of benzene rings is 1. The number of nitrogens with one attached hydrogen (secondary N) is 2. The van der Waals surface area contributed by atoms with E-state index in [2.05, 4.69) is 46.7 Å². The highest BCUT2D eigenvalue weighted by Gasteiger charge is 2.01. The summed E-state index contributed by atoms with van der Waals surface area (Å²) in [5.74, 6) is 1.42. The Hall–Kier alpha value is -1.57.